The molecular formula is C20H20N4. The Kier molecular flexibility index (Phi) is 3.53. The van der Waals surface area contributed by atoms with E-state index in [0.717, 1.165) is 34.5 Å². The smallest absolute Gasteiger partial charge is 0.198 e. The van der Waals surface area contributed by atoms with Gasteiger partial charge in [0.05, 0.1) is 11.0 Å². The summed E-state index contributed by atoms with van der Waals surface area (Å²) in [5, 5.41) is 0. The van der Waals surface area contributed by atoms with Crippen LogP contribution in [-0.2, 0) is 0 Å². The first-order valence-electron chi connectivity index (χ1n) is 8.39. The number of hydrogen-bond donors (Lipinski definition) is 0. The van der Waals surface area contributed by atoms with E-state index in [2.05, 4.69) is 49.6 Å². The second-order valence-corrected chi connectivity index (χ2v) is 6.29. The van der Waals surface area contributed by atoms with Crippen molar-refractivity contribution in [1.82, 2.24) is 19.5 Å². The Morgan fingerprint density at radius 1 is 0.917 bits per heavy atom. The fourth-order valence-electron chi connectivity index (χ4n) is 2.98. The predicted octanol–water partition coefficient (Wildman–Crippen LogP) is 4.93. The molecule has 0 saturated heterocycles. The molecule has 0 aliphatic rings. The molecule has 4 aromatic rings. The molecule has 24 heavy (non-hydrogen) atoms. The molecule has 0 fully saturated rings. The lowest BCUT2D eigenvalue weighted by Crippen LogP contribution is -2.07. The van der Waals surface area contributed by atoms with E-state index >= 15 is 0 Å². The van der Waals surface area contributed by atoms with Crippen molar-refractivity contribution in [2.75, 3.05) is 0 Å². The molecule has 2 aromatic heterocycles. The Labute approximate surface area is 141 Å². The molecule has 4 nitrogen and oxygen atoms in total. The number of para-hydroxylation sites is 2. The molecule has 0 saturated carbocycles. The first-order chi connectivity index (χ1) is 11.7. The Bertz CT molecular complexity index is 1020. The van der Waals surface area contributed by atoms with Crippen molar-refractivity contribution in [2.45, 2.75) is 33.2 Å². The number of aromatic nitrogens is 4. The number of benzene rings is 2. The average molecular weight is 316 g/mol. The van der Waals surface area contributed by atoms with Crippen LogP contribution in [0.5, 0.6) is 0 Å². The van der Waals surface area contributed by atoms with E-state index in [-0.39, 0.29) is 0 Å². The highest BCUT2D eigenvalue weighted by Crippen LogP contribution is 2.29. The summed E-state index contributed by atoms with van der Waals surface area (Å²) in [6.45, 7) is 6.48. The normalized spacial score (nSPS) is 12.8. The van der Waals surface area contributed by atoms with Crippen LogP contribution in [0, 0.1) is 6.92 Å². The van der Waals surface area contributed by atoms with E-state index in [1.165, 1.54) is 5.56 Å². The van der Waals surface area contributed by atoms with Gasteiger partial charge in [0.25, 0.3) is 0 Å². The Balaban J connectivity index is 2.04. The lowest BCUT2D eigenvalue weighted by Gasteiger charge is -2.15. The molecule has 0 spiro atoms. The minimum atomic E-state index is 0.307. The van der Waals surface area contributed by atoms with Crippen molar-refractivity contribution in [3.8, 4) is 11.4 Å². The highest BCUT2D eigenvalue weighted by atomic mass is 15.2. The van der Waals surface area contributed by atoms with Gasteiger partial charge in [-0.25, -0.2) is 15.0 Å². The van der Waals surface area contributed by atoms with Crippen molar-refractivity contribution < 1.29 is 0 Å². The number of hydrogen-bond acceptors (Lipinski definition) is 3. The van der Waals surface area contributed by atoms with Crippen LogP contribution in [-0.4, -0.2) is 19.5 Å². The lowest BCUT2D eigenvalue weighted by molar-refractivity contribution is 0.547. The number of fused-ring (bicyclic) bond motifs is 2. The first kappa shape index (κ1) is 14.8. The summed E-state index contributed by atoms with van der Waals surface area (Å²) in [4.78, 5) is 14.4. The SMILES string of the molecule is CCC(C)n1c(-c2ccc(C)cc2)nc2nc3ccccc3nc21. The zero-order chi connectivity index (χ0) is 16.7. The Morgan fingerprint density at radius 2 is 1.58 bits per heavy atom. The van der Waals surface area contributed by atoms with Gasteiger partial charge in [-0.15, -0.1) is 0 Å². The summed E-state index contributed by atoms with van der Waals surface area (Å²) < 4.78 is 2.22. The van der Waals surface area contributed by atoms with Gasteiger partial charge in [0.15, 0.2) is 11.3 Å². The maximum absolute atomic E-state index is 4.85. The zero-order valence-electron chi connectivity index (χ0n) is 14.2. The minimum absolute atomic E-state index is 0.307. The van der Waals surface area contributed by atoms with E-state index < -0.39 is 0 Å². The molecule has 2 heterocycles. The molecule has 0 N–H and O–H groups in total. The molecule has 0 amide bonds. The molecule has 120 valence electrons. The molecule has 2 aromatic carbocycles. The summed E-state index contributed by atoms with van der Waals surface area (Å²) in [5.41, 5.74) is 5.71. The second-order valence-electron chi connectivity index (χ2n) is 6.29. The van der Waals surface area contributed by atoms with E-state index in [4.69, 9.17) is 15.0 Å². The van der Waals surface area contributed by atoms with Crippen molar-refractivity contribution in [1.29, 1.82) is 0 Å². The maximum atomic E-state index is 4.85. The third kappa shape index (κ3) is 2.35. The largest absolute Gasteiger partial charge is 0.304 e. The average Bonchev–Trinajstić information content (AvgIpc) is 2.98. The second kappa shape index (κ2) is 5.71. The number of imidazole rings is 1. The van der Waals surface area contributed by atoms with Gasteiger partial charge < -0.3 is 4.57 Å². The quantitative estimate of drug-likeness (QED) is 0.538. The van der Waals surface area contributed by atoms with Gasteiger partial charge in [-0.05, 0) is 32.4 Å². The fourth-order valence-corrected chi connectivity index (χ4v) is 2.98. The topological polar surface area (TPSA) is 43.6 Å². The van der Waals surface area contributed by atoms with Gasteiger partial charge >= 0.3 is 0 Å². The molecule has 0 bridgehead atoms. The van der Waals surface area contributed by atoms with Crippen LogP contribution in [0.15, 0.2) is 48.5 Å². The number of aryl methyl sites for hydroxylation is 1. The summed E-state index contributed by atoms with van der Waals surface area (Å²) in [6.07, 6.45) is 1.01. The van der Waals surface area contributed by atoms with Crippen LogP contribution in [0.25, 0.3) is 33.7 Å². The van der Waals surface area contributed by atoms with Crippen molar-refractivity contribution in [2.24, 2.45) is 0 Å². The summed E-state index contributed by atoms with van der Waals surface area (Å²) in [6, 6.07) is 16.7. The van der Waals surface area contributed by atoms with Crippen molar-refractivity contribution in [3.63, 3.8) is 0 Å². The summed E-state index contributed by atoms with van der Waals surface area (Å²) >= 11 is 0. The van der Waals surface area contributed by atoms with Crippen LogP contribution in [0.4, 0.5) is 0 Å². The Hall–Kier alpha value is -2.75. The maximum Gasteiger partial charge on any atom is 0.198 e. The molecular weight excluding hydrogens is 296 g/mol. The highest BCUT2D eigenvalue weighted by Gasteiger charge is 2.19. The number of rotatable bonds is 3. The van der Waals surface area contributed by atoms with Crippen LogP contribution < -0.4 is 0 Å². The van der Waals surface area contributed by atoms with E-state index in [1.54, 1.807) is 0 Å². The standard InChI is InChI=1S/C20H20N4/c1-4-14(3)24-19(15-11-9-13(2)10-12-15)23-18-20(24)22-17-8-6-5-7-16(17)21-18/h5-12,14H,4H2,1-3H3. The molecule has 0 aliphatic carbocycles. The highest BCUT2D eigenvalue weighted by molar-refractivity contribution is 5.85. The van der Waals surface area contributed by atoms with Crippen LogP contribution in [0.1, 0.15) is 31.9 Å². The van der Waals surface area contributed by atoms with Gasteiger partial charge in [-0.2, -0.15) is 0 Å². The minimum Gasteiger partial charge on any atom is -0.304 e. The molecule has 0 aliphatic heterocycles. The third-order valence-corrected chi connectivity index (χ3v) is 4.54. The van der Waals surface area contributed by atoms with Gasteiger partial charge in [0.1, 0.15) is 5.82 Å². The van der Waals surface area contributed by atoms with E-state index in [0.29, 0.717) is 11.7 Å². The zero-order valence-corrected chi connectivity index (χ0v) is 14.2. The fraction of sp³-hybridized carbons (Fsp3) is 0.250. The third-order valence-electron chi connectivity index (χ3n) is 4.54. The van der Waals surface area contributed by atoms with E-state index in [1.807, 2.05) is 24.3 Å². The summed E-state index contributed by atoms with van der Waals surface area (Å²) in [5.74, 6) is 0.939. The van der Waals surface area contributed by atoms with Gasteiger partial charge in [0, 0.05) is 11.6 Å². The van der Waals surface area contributed by atoms with Crippen LogP contribution in [0.3, 0.4) is 0 Å². The lowest BCUT2D eigenvalue weighted by atomic mass is 10.1. The van der Waals surface area contributed by atoms with Crippen LogP contribution in [0.2, 0.25) is 0 Å². The molecule has 0 radical (unpaired) electrons. The molecule has 4 heteroatoms. The monoisotopic (exact) mass is 316 g/mol. The molecule has 1 unspecified atom stereocenters. The first-order valence-corrected chi connectivity index (χ1v) is 8.39. The molecule has 4 rings (SSSR count). The van der Waals surface area contributed by atoms with Gasteiger partial charge in [-0.1, -0.05) is 48.9 Å². The van der Waals surface area contributed by atoms with Crippen molar-refractivity contribution >= 4 is 22.3 Å². The van der Waals surface area contributed by atoms with Crippen LogP contribution >= 0.6 is 0 Å². The number of nitrogens with zero attached hydrogens (tertiary/aromatic N) is 4. The summed E-state index contributed by atoms with van der Waals surface area (Å²) in [7, 11) is 0. The Morgan fingerprint density at radius 3 is 2.25 bits per heavy atom. The predicted molar refractivity (Wildman–Crippen MR) is 98.0 cm³/mol. The van der Waals surface area contributed by atoms with Gasteiger partial charge in [-0.3, -0.25) is 0 Å². The molecule has 1 atom stereocenters. The van der Waals surface area contributed by atoms with Crippen molar-refractivity contribution in [3.05, 3.63) is 54.1 Å². The van der Waals surface area contributed by atoms with Gasteiger partial charge in [0.2, 0.25) is 0 Å². The van der Waals surface area contributed by atoms with E-state index in [9.17, 15) is 0 Å².